The average molecular weight is 413 g/mol. The Labute approximate surface area is 177 Å². The fraction of sp³-hybridized carbons (Fsp3) is 0.130. The third kappa shape index (κ3) is 3.83. The number of fused-ring (bicyclic) bond motifs is 2. The van der Waals surface area contributed by atoms with Gasteiger partial charge in [0.2, 0.25) is 0 Å². The van der Waals surface area contributed by atoms with Gasteiger partial charge in [0, 0.05) is 24.8 Å². The number of ether oxygens (including phenoxy) is 1. The molecule has 0 bridgehead atoms. The van der Waals surface area contributed by atoms with Crippen LogP contribution in [0.4, 0.5) is 5.69 Å². The minimum Gasteiger partial charge on any atom is -0.493 e. The minimum atomic E-state index is -0.715. The largest absolute Gasteiger partial charge is 0.493 e. The molecule has 0 saturated heterocycles. The van der Waals surface area contributed by atoms with Gasteiger partial charge in [-0.2, -0.15) is 0 Å². The Morgan fingerprint density at radius 2 is 1.94 bits per heavy atom. The van der Waals surface area contributed by atoms with Gasteiger partial charge in [0.05, 0.1) is 17.6 Å². The van der Waals surface area contributed by atoms with Crippen molar-refractivity contribution in [2.75, 3.05) is 11.9 Å². The van der Waals surface area contributed by atoms with Gasteiger partial charge in [-0.25, -0.2) is 9.97 Å². The summed E-state index contributed by atoms with van der Waals surface area (Å²) < 4.78 is 7.34. The molecule has 2 amide bonds. The fourth-order valence-corrected chi connectivity index (χ4v) is 3.52. The Hall–Kier alpha value is -4.20. The number of aromatic nitrogens is 3. The summed E-state index contributed by atoms with van der Waals surface area (Å²) >= 11 is 0. The number of rotatable bonds is 4. The predicted molar refractivity (Wildman–Crippen MR) is 115 cm³/mol. The maximum atomic E-state index is 12.2. The zero-order chi connectivity index (χ0) is 21.2. The van der Waals surface area contributed by atoms with E-state index in [0.717, 1.165) is 40.1 Å². The molecule has 0 unspecified atom stereocenters. The Kier molecular flexibility index (Phi) is 4.80. The van der Waals surface area contributed by atoms with E-state index in [2.05, 4.69) is 20.6 Å². The highest BCUT2D eigenvalue weighted by Crippen LogP contribution is 2.27. The third-order valence-electron chi connectivity index (χ3n) is 5.12. The molecule has 8 nitrogen and oxygen atoms in total. The average Bonchev–Trinajstić information content (AvgIpc) is 3.44. The standard InChI is InChI=1S/C23H19N5O3/c29-22(23(30)27-17-6-7-20-16(11-17)9-10-31-20)25-13-15-5-8-21(24-12-15)28-14-26-18-3-1-2-4-19(18)28/h1-8,11-12,14H,9-10,13H2,(H,25,29)(H,27,30). The molecule has 8 heteroatoms. The molecule has 2 aromatic heterocycles. The molecule has 0 saturated carbocycles. The van der Waals surface area contributed by atoms with Gasteiger partial charge >= 0.3 is 11.8 Å². The molecule has 0 spiro atoms. The number of nitrogens with zero attached hydrogens (tertiary/aromatic N) is 3. The number of benzene rings is 2. The van der Waals surface area contributed by atoms with Crippen molar-refractivity contribution in [1.82, 2.24) is 19.9 Å². The maximum absolute atomic E-state index is 12.2. The normalized spacial score (nSPS) is 12.3. The van der Waals surface area contributed by atoms with Crippen LogP contribution in [0.15, 0.2) is 67.1 Å². The lowest BCUT2D eigenvalue weighted by Crippen LogP contribution is -2.35. The summed E-state index contributed by atoms with van der Waals surface area (Å²) in [5, 5.41) is 5.24. The van der Waals surface area contributed by atoms with Crippen molar-refractivity contribution in [3.05, 3.63) is 78.2 Å². The van der Waals surface area contributed by atoms with Crippen molar-refractivity contribution >= 4 is 28.5 Å². The molecule has 0 atom stereocenters. The molecule has 0 fully saturated rings. The van der Waals surface area contributed by atoms with E-state index >= 15 is 0 Å². The van der Waals surface area contributed by atoms with E-state index in [-0.39, 0.29) is 6.54 Å². The smallest absolute Gasteiger partial charge is 0.313 e. The second-order valence-electron chi connectivity index (χ2n) is 7.19. The monoisotopic (exact) mass is 413 g/mol. The number of para-hydroxylation sites is 2. The van der Waals surface area contributed by atoms with Crippen molar-refractivity contribution in [3.8, 4) is 11.6 Å². The van der Waals surface area contributed by atoms with E-state index in [0.29, 0.717) is 12.3 Å². The highest BCUT2D eigenvalue weighted by Gasteiger charge is 2.16. The van der Waals surface area contributed by atoms with Crippen molar-refractivity contribution in [2.45, 2.75) is 13.0 Å². The van der Waals surface area contributed by atoms with Crippen LogP contribution < -0.4 is 15.4 Å². The molecule has 2 aromatic carbocycles. The summed E-state index contributed by atoms with van der Waals surface area (Å²) in [7, 11) is 0. The summed E-state index contributed by atoms with van der Waals surface area (Å²) in [6.45, 7) is 0.833. The Morgan fingerprint density at radius 1 is 1.03 bits per heavy atom. The summed E-state index contributed by atoms with van der Waals surface area (Å²) in [4.78, 5) is 33.2. The topological polar surface area (TPSA) is 98.1 Å². The SMILES string of the molecule is O=C(NCc1ccc(-n2cnc3ccccc32)nc1)C(=O)Nc1ccc2c(c1)CCO2. The van der Waals surface area contributed by atoms with E-state index in [1.165, 1.54) is 0 Å². The lowest BCUT2D eigenvalue weighted by atomic mass is 10.1. The first-order chi connectivity index (χ1) is 15.2. The van der Waals surface area contributed by atoms with Crippen LogP contribution in [-0.2, 0) is 22.6 Å². The quantitative estimate of drug-likeness (QED) is 0.501. The molecule has 4 aromatic rings. The summed E-state index contributed by atoms with van der Waals surface area (Å²) in [5.74, 6) is 0.124. The van der Waals surface area contributed by atoms with E-state index in [9.17, 15) is 9.59 Å². The molecule has 154 valence electrons. The van der Waals surface area contributed by atoms with Crippen LogP contribution in [0.1, 0.15) is 11.1 Å². The van der Waals surface area contributed by atoms with E-state index in [4.69, 9.17) is 4.74 Å². The van der Waals surface area contributed by atoms with E-state index < -0.39 is 11.8 Å². The van der Waals surface area contributed by atoms with Gasteiger partial charge in [-0.15, -0.1) is 0 Å². The van der Waals surface area contributed by atoms with Crippen molar-refractivity contribution in [1.29, 1.82) is 0 Å². The van der Waals surface area contributed by atoms with E-state index in [1.54, 1.807) is 24.7 Å². The van der Waals surface area contributed by atoms with Crippen LogP contribution >= 0.6 is 0 Å². The lowest BCUT2D eigenvalue weighted by Gasteiger charge is -2.08. The van der Waals surface area contributed by atoms with Gasteiger partial charge in [0.25, 0.3) is 0 Å². The zero-order valence-corrected chi connectivity index (χ0v) is 16.5. The van der Waals surface area contributed by atoms with Crippen molar-refractivity contribution in [2.24, 2.45) is 0 Å². The van der Waals surface area contributed by atoms with Crippen LogP contribution in [0, 0.1) is 0 Å². The molecular weight excluding hydrogens is 394 g/mol. The van der Waals surface area contributed by atoms with Gasteiger partial charge < -0.3 is 15.4 Å². The molecule has 0 aliphatic carbocycles. The second-order valence-corrected chi connectivity index (χ2v) is 7.19. The first-order valence-electron chi connectivity index (χ1n) is 9.90. The first kappa shape index (κ1) is 18.8. The van der Waals surface area contributed by atoms with Gasteiger partial charge in [-0.3, -0.25) is 14.2 Å². The molecule has 0 radical (unpaired) electrons. The number of hydrogen-bond acceptors (Lipinski definition) is 5. The van der Waals surface area contributed by atoms with Crippen molar-refractivity contribution < 1.29 is 14.3 Å². The molecule has 2 N–H and O–H groups in total. The number of amides is 2. The molecular formula is C23H19N5O3. The number of anilines is 1. The number of pyridine rings is 1. The zero-order valence-electron chi connectivity index (χ0n) is 16.5. The highest BCUT2D eigenvalue weighted by atomic mass is 16.5. The van der Waals surface area contributed by atoms with Gasteiger partial charge in [-0.1, -0.05) is 18.2 Å². The number of hydrogen-bond donors (Lipinski definition) is 2. The highest BCUT2D eigenvalue weighted by molar-refractivity contribution is 6.39. The molecule has 1 aliphatic rings. The summed E-state index contributed by atoms with van der Waals surface area (Å²) in [5.41, 5.74) is 4.23. The summed E-state index contributed by atoms with van der Waals surface area (Å²) in [6.07, 6.45) is 4.19. The van der Waals surface area contributed by atoms with Crippen LogP contribution in [0.25, 0.3) is 16.9 Å². The Morgan fingerprint density at radius 3 is 2.81 bits per heavy atom. The second kappa shape index (κ2) is 7.91. The van der Waals surface area contributed by atoms with Crippen LogP contribution in [0.2, 0.25) is 0 Å². The van der Waals surface area contributed by atoms with Crippen LogP contribution in [-0.4, -0.2) is 33.0 Å². The van der Waals surface area contributed by atoms with Crippen molar-refractivity contribution in [3.63, 3.8) is 0 Å². The van der Waals surface area contributed by atoms with Gasteiger partial charge in [0.15, 0.2) is 0 Å². The lowest BCUT2D eigenvalue weighted by molar-refractivity contribution is -0.136. The number of imidazole rings is 1. The molecule has 1 aliphatic heterocycles. The van der Waals surface area contributed by atoms with Crippen LogP contribution in [0.5, 0.6) is 5.75 Å². The van der Waals surface area contributed by atoms with Gasteiger partial charge in [0.1, 0.15) is 17.9 Å². The number of nitrogens with one attached hydrogen (secondary N) is 2. The molecule has 31 heavy (non-hydrogen) atoms. The molecule has 5 rings (SSSR count). The number of carbonyl (C=O) groups is 2. The number of carbonyl (C=O) groups excluding carboxylic acids is 2. The Bertz CT molecular complexity index is 1280. The predicted octanol–water partition coefficient (Wildman–Crippen LogP) is 2.61. The van der Waals surface area contributed by atoms with Gasteiger partial charge in [-0.05, 0) is 47.5 Å². The summed E-state index contributed by atoms with van der Waals surface area (Å²) in [6, 6.07) is 16.9. The maximum Gasteiger partial charge on any atom is 0.313 e. The molecule has 3 heterocycles. The Balaban J connectivity index is 1.19. The third-order valence-corrected chi connectivity index (χ3v) is 5.12. The first-order valence-corrected chi connectivity index (χ1v) is 9.90. The fourth-order valence-electron chi connectivity index (χ4n) is 3.52. The van der Waals surface area contributed by atoms with E-state index in [1.807, 2.05) is 47.0 Å². The minimum absolute atomic E-state index is 0.197. The van der Waals surface area contributed by atoms with Crippen LogP contribution in [0.3, 0.4) is 0 Å².